The summed E-state index contributed by atoms with van der Waals surface area (Å²) >= 11 is 0. The first kappa shape index (κ1) is 18.6. The molecule has 0 unspecified atom stereocenters. The quantitative estimate of drug-likeness (QED) is 0.892. The van der Waals surface area contributed by atoms with Gasteiger partial charge < -0.3 is 10.2 Å². The van der Waals surface area contributed by atoms with Gasteiger partial charge in [-0.3, -0.25) is 4.79 Å². The topological polar surface area (TPSA) is 66.5 Å². The van der Waals surface area contributed by atoms with Crippen molar-refractivity contribution in [2.45, 2.75) is 36.9 Å². The maximum absolute atomic E-state index is 13.3. The van der Waals surface area contributed by atoms with Crippen LogP contribution in [0.15, 0.2) is 23.1 Å². The molecule has 0 radical (unpaired) electrons. The molecule has 1 aromatic rings. The zero-order chi connectivity index (χ0) is 18.1. The van der Waals surface area contributed by atoms with Gasteiger partial charge in [0.1, 0.15) is 0 Å². The summed E-state index contributed by atoms with van der Waals surface area (Å²) < 4.78 is 62.7. The Morgan fingerprint density at radius 3 is 2.58 bits per heavy atom. The first-order valence-corrected chi connectivity index (χ1v) is 9.37. The van der Waals surface area contributed by atoms with E-state index in [-0.39, 0.29) is 22.5 Å². The van der Waals surface area contributed by atoms with E-state index in [0.717, 1.165) is 18.4 Å². The third-order valence-corrected chi connectivity index (χ3v) is 5.04. The lowest BCUT2D eigenvalue weighted by molar-refractivity contribution is -0.137. The number of carbonyl (C=O) groups excluding carboxylic acids is 1. The number of rotatable bonds is 4. The first-order valence-electron chi connectivity index (χ1n) is 7.48. The van der Waals surface area contributed by atoms with Gasteiger partial charge in [-0.2, -0.15) is 13.2 Å². The number of likely N-dealkylation sites (tertiary alicyclic amines) is 1. The molecule has 1 saturated heterocycles. The van der Waals surface area contributed by atoms with Crippen LogP contribution in [-0.4, -0.2) is 44.6 Å². The number of alkyl halides is 3. The highest BCUT2D eigenvalue weighted by molar-refractivity contribution is 7.90. The van der Waals surface area contributed by atoms with Crippen LogP contribution in [0.5, 0.6) is 0 Å². The molecule has 0 spiro atoms. The van der Waals surface area contributed by atoms with Gasteiger partial charge in [0.05, 0.1) is 10.5 Å². The van der Waals surface area contributed by atoms with Crippen LogP contribution >= 0.6 is 0 Å². The van der Waals surface area contributed by atoms with E-state index < -0.39 is 21.6 Å². The molecule has 1 aliphatic heterocycles. The normalized spacial score (nSPS) is 18.7. The Bertz CT molecular complexity index is 732. The van der Waals surface area contributed by atoms with Gasteiger partial charge >= 0.3 is 6.18 Å². The summed E-state index contributed by atoms with van der Waals surface area (Å²) in [5.41, 5.74) is -1.20. The van der Waals surface area contributed by atoms with Crippen LogP contribution in [0.1, 0.15) is 25.3 Å². The zero-order valence-corrected chi connectivity index (χ0v) is 14.2. The van der Waals surface area contributed by atoms with Gasteiger partial charge in [0.15, 0.2) is 9.84 Å². The monoisotopic (exact) mass is 364 g/mol. The summed E-state index contributed by atoms with van der Waals surface area (Å²) in [5.74, 6) is -0.0391. The summed E-state index contributed by atoms with van der Waals surface area (Å²) in [6.45, 7) is 2.56. The second-order valence-corrected chi connectivity index (χ2v) is 7.82. The van der Waals surface area contributed by atoms with E-state index in [2.05, 4.69) is 5.32 Å². The first-order chi connectivity index (χ1) is 11.0. The number of sulfone groups is 1. The Morgan fingerprint density at radius 1 is 1.38 bits per heavy atom. The van der Waals surface area contributed by atoms with Crippen molar-refractivity contribution in [1.29, 1.82) is 0 Å². The minimum absolute atomic E-state index is 0.0391. The highest BCUT2D eigenvalue weighted by atomic mass is 32.2. The molecule has 1 heterocycles. The number of hydrogen-bond donors (Lipinski definition) is 1. The van der Waals surface area contributed by atoms with Crippen LogP contribution in [0.25, 0.3) is 0 Å². The molecule has 134 valence electrons. The fourth-order valence-electron chi connectivity index (χ4n) is 2.66. The zero-order valence-electron chi connectivity index (χ0n) is 13.4. The van der Waals surface area contributed by atoms with Crippen molar-refractivity contribution >= 4 is 21.4 Å². The predicted molar refractivity (Wildman–Crippen MR) is 83.5 cm³/mol. The lowest BCUT2D eigenvalue weighted by Crippen LogP contribution is -2.31. The van der Waals surface area contributed by atoms with E-state index in [4.69, 9.17) is 0 Å². The van der Waals surface area contributed by atoms with Gasteiger partial charge in [-0.15, -0.1) is 0 Å². The van der Waals surface area contributed by atoms with Gasteiger partial charge in [0.25, 0.3) is 0 Å². The van der Waals surface area contributed by atoms with Crippen molar-refractivity contribution in [3.8, 4) is 0 Å². The lowest BCUT2D eigenvalue weighted by atomic mass is 10.1. The van der Waals surface area contributed by atoms with Gasteiger partial charge in [-0.1, -0.05) is 6.92 Å². The number of nitrogens with zero attached hydrogens (tertiary/aromatic N) is 1. The minimum Gasteiger partial charge on any atom is -0.380 e. The van der Waals surface area contributed by atoms with E-state index >= 15 is 0 Å². The number of nitrogens with one attached hydrogen (secondary N) is 1. The molecule has 0 bridgehead atoms. The lowest BCUT2D eigenvalue weighted by Gasteiger charge is -2.20. The van der Waals surface area contributed by atoms with E-state index in [1.165, 1.54) is 0 Å². The van der Waals surface area contributed by atoms with Crippen molar-refractivity contribution in [3.63, 3.8) is 0 Å². The largest absolute Gasteiger partial charge is 0.418 e. The Balaban J connectivity index is 2.26. The summed E-state index contributed by atoms with van der Waals surface area (Å²) in [6.07, 6.45) is -2.93. The van der Waals surface area contributed by atoms with Crippen LogP contribution < -0.4 is 5.32 Å². The molecule has 1 aliphatic rings. The van der Waals surface area contributed by atoms with Crippen molar-refractivity contribution in [2.24, 2.45) is 0 Å². The predicted octanol–water partition coefficient (Wildman–Crippen LogP) is 2.53. The summed E-state index contributed by atoms with van der Waals surface area (Å²) in [7, 11) is -3.73. The second kappa shape index (κ2) is 6.62. The highest BCUT2D eigenvalue weighted by Gasteiger charge is 2.36. The molecule has 1 amide bonds. The summed E-state index contributed by atoms with van der Waals surface area (Å²) in [4.78, 5) is 12.9. The molecule has 2 rings (SSSR count). The summed E-state index contributed by atoms with van der Waals surface area (Å²) in [5, 5.41) is 2.79. The number of carbonyl (C=O) groups is 1. The molecule has 1 atom stereocenters. The van der Waals surface area contributed by atoms with Crippen LogP contribution in [0.4, 0.5) is 18.9 Å². The number of benzene rings is 1. The maximum Gasteiger partial charge on any atom is 0.418 e. The van der Waals surface area contributed by atoms with Crippen LogP contribution in [0, 0.1) is 0 Å². The van der Waals surface area contributed by atoms with Crippen molar-refractivity contribution < 1.29 is 26.4 Å². The third kappa shape index (κ3) is 4.19. The van der Waals surface area contributed by atoms with E-state index in [1.54, 1.807) is 11.8 Å². The van der Waals surface area contributed by atoms with Crippen molar-refractivity contribution in [1.82, 2.24) is 4.90 Å². The van der Waals surface area contributed by atoms with Crippen molar-refractivity contribution in [2.75, 3.05) is 24.7 Å². The third-order valence-electron chi connectivity index (χ3n) is 3.93. The van der Waals surface area contributed by atoms with Gasteiger partial charge in [0.2, 0.25) is 5.91 Å². The maximum atomic E-state index is 13.3. The molecule has 1 aromatic carbocycles. The number of hydrogen-bond acceptors (Lipinski definition) is 4. The van der Waals surface area contributed by atoms with Gasteiger partial charge in [0, 0.05) is 37.5 Å². The van der Waals surface area contributed by atoms with Gasteiger partial charge in [-0.25, -0.2) is 8.42 Å². The number of anilines is 1. The Labute approximate surface area is 138 Å². The fraction of sp³-hybridized carbons (Fsp3) is 0.533. The SMILES string of the molecule is CCC(=O)N1CC[C@H](Nc2ccc(S(C)(=O)=O)cc2C(F)(F)F)C1. The molecular weight excluding hydrogens is 345 g/mol. The molecule has 1 N–H and O–H groups in total. The molecular formula is C15H19F3N2O3S. The molecule has 0 aromatic heterocycles. The average molecular weight is 364 g/mol. The Morgan fingerprint density at radius 2 is 2.04 bits per heavy atom. The van der Waals surface area contributed by atoms with E-state index in [0.29, 0.717) is 32.0 Å². The molecule has 0 saturated carbocycles. The van der Waals surface area contributed by atoms with E-state index in [1.807, 2.05) is 0 Å². The van der Waals surface area contributed by atoms with E-state index in [9.17, 15) is 26.4 Å². The molecule has 5 nitrogen and oxygen atoms in total. The fourth-order valence-corrected chi connectivity index (χ4v) is 3.31. The molecule has 1 fully saturated rings. The molecule has 0 aliphatic carbocycles. The van der Waals surface area contributed by atoms with Crippen LogP contribution in [-0.2, 0) is 20.8 Å². The Hall–Kier alpha value is -1.77. The smallest absolute Gasteiger partial charge is 0.380 e. The van der Waals surface area contributed by atoms with Crippen LogP contribution in [0.3, 0.4) is 0 Å². The number of amides is 1. The summed E-state index contributed by atoms with van der Waals surface area (Å²) in [6, 6.07) is 2.62. The number of halogens is 3. The second-order valence-electron chi connectivity index (χ2n) is 5.80. The molecule has 24 heavy (non-hydrogen) atoms. The van der Waals surface area contributed by atoms with Crippen LogP contribution in [0.2, 0.25) is 0 Å². The average Bonchev–Trinajstić information content (AvgIpc) is 2.93. The molecule has 9 heteroatoms. The Kier molecular flexibility index (Phi) is 5.12. The standard InChI is InChI=1S/C15H19F3N2O3S/c1-3-14(21)20-7-6-10(9-20)19-13-5-4-11(24(2,22)23)8-12(13)15(16,17)18/h4-5,8,10,19H,3,6-7,9H2,1-2H3/t10-/m0/s1. The van der Waals surface area contributed by atoms with Gasteiger partial charge in [-0.05, 0) is 24.6 Å². The van der Waals surface area contributed by atoms with Crippen molar-refractivity contribution in [3.05, 3.63) is 23.8 Å². The minimum atomic E-state index is -4.68. The highest BCUT2D eigenvalue weighted by Crippen LogP contribution is 2.37.